The first-order valence-corrected chi connectivity index (χ1v) is 8.37. The predicted octanol–water partition coefficient (Wildman–Crippen LogP) is 4.25. The van der Waals surface area contributed by atoms with Gasteiger partial charge in [0.05, 0.1) is 27.7 Å². The lowest BCUT2D eigenvalue weighted by atomic mass is 10.2. The van der Waals surface area contributed by atoms with Crippen molar-refractivity contribution in [2.75, 3.05) is 0 Å². The van der Waals surface area contributed by atoms with Crippen LogP contribution in [-0.4, -0.2) is 10.9 Å². The molecule has 0 saturated carbocycles. The third-order valence-electron chi connectivity index (χ3n) is 3.07. The van der Waals surface area contributed by atoms with Crippen LogP contribution in [0.2, 0.25) is 0 Å². The van der Waals surface area contributed by atoms with Crippen LogP contribution in [0.5, 0.6) is 0 Å². The number of thiophene rings is 1. The summed E-state index contributed by atoms with van der Waals surface area (Å²) in [6.07, 6.45) is 0. The first-order valence-electron chi connectivity index (χ1n) is 6.67. The minimum atomic E-state index is -0.509. The van der Waals surface area contributed by atoms with Crippen molar-refractivity contribution in [2.45, 2.75) is 13.5 Å². The molecule has 2 heterocycles. The number of amides is 1. The molecule has 22 heavy (non-hydrogen) atoms. The summed E-state index contributed by atoms with van der Waals surface area (Å²) < 4.78 is 13.5. The van der Waals surface area contributed by atoms with Gasteiger partial charge < -0.3 is 5.32 Å². The lowest BCUT2D eigenvalue weighted by molar-refractivity contribution is 0.0947. The van der Waals surface area contributed by atoms with Gasteiger partial charge in [-0.2, -0.15) is 0 Å². The smallest absolute Gasteiger partial charge is 0.254 e. The van der Waals surface area contributed by atoms with E-state index in [-0.39, 0.29) is 5.56 Å². The maximum Gasteiger partial charge on any atom is 0.254 e. The van der Waals surface area contributed by atoms with Gasteiger partial charge in [0.1, 0.15) is 5.82 Å². The van der Waals surface area contributed by atoms with Crippen LogP contribution in [0.4, 0.5) is 4.39 Å². The summed E-state index contributed by atoms with van der Waals surface area (Å²) in [6, 6.07) is 9.91. The van der Waals surface area contributed by atoms with Crippen molar-refractivity contribution in [1.29, 1.82) is 0 Å². The topological polar surface area (TPSA) is 42.0 Å². The zero-order valence-electron chi connectivity index (χ0n) is 11.8. The van der Waals surface area contributed by atoms with E-state index in [9.17, 15) is 9.18 Å². The van der Waals surface area contributed by atoms with E-state index in [1.807, 2.05) is 24.4 Å². The Labute approximate surface area is 135 Å². The predicted molar refractivity (Wildman–Crippen MR) is 87.7 cm³/mol. The second kappa shape index (κ2) is 6.37. The Balaban J connectivity index is 1.66. The van der Waals surface area contributed by atoms with E-state index in [0.29, 0.717) is 6.54 Å². The minimum Gasteiger partial charge on any atom is -0.347 e. The lowest BCUT2D eigenvalue weighted by Gasteiger charge is -2.04. The highest BCUT2D eigenvalue weighted by molar-refractivity contribution is 7.16. The molecule has 0 bridgehead atoms. The Morgan fingerprint density at radius 3 is 2.82 bits per heavy atom. The van der Waals surface area contributed by atoms with Gasteiger partial charge in [-0.15, -0.1) is 22.7 Å². The van der Waals surface area contributed by atoms with Crippen LogP contribution >= 0.6 is 22.7 Å². The van der Waals surface area contributed by atoms with Crippen LogP contribution in [-0.2, 0) is 6.54 Å². The fourth-order valence-corrected chi connectivity index (χ4v) is 3.59. The molecule has 0 saturated heterocycles. The Bertz CT molecular complexity index is 810. The Kier molecular flexibility index (Phi) is 4.31. The highest BCUT2D eigenvalue weighted by Crippen LogP contribution is 2.28. The van der Waals surface area contributed by atoms with Gasteiger partial charge in [0, 0.05) is 10.3 Å². The van der Waals surface area contributed by atoms with E-state index in [1.165, 1.54) is 12.1 Å². The van der Waals surface area contributed by atoms with Crippen molar-refractivity contribution < 1.29 is 9.18 Å². The molecule has 3 nitrogen and oxygen atoms in total. The Morgan fingerprint density at radius 2 is 2.09 bits per heavy atom. The summed E-state index contributed by atoms with van der Waals surface area (Å²) in [5, 5.41) is 5.78. The van der Waals surface area contributed by atoms with E-state index in [1.54, 1.807) is 34.8 Å². The van der Waals surface area contributed by atoms with Crippen LogP contribution in [0, 0.1) is 12.7 Å². The number of thiazole rings is 1. The van der Waals surface area contributed by atoms with Gasteiger partial charge in [-0.3, -0.25) is 4.79 Å². The molecule has 0 unspecified atom stereocenters. The number of carbonyl (C=O) groups is 1. The number of rotatable bonds is 4. The van der Waals surface area contributed by atoms with Gasteiger partial charge in [0.25, 0.3) is 5.91 Å². The third kappa shape index (κ3) is 3.23. The Morgan fingerprint density at radius 1 is 1.27 bits per heavy atom. The van der Waals surface area contributed by atoms with Crippen LogP contribution in [0.3, 0.4) is 0 Å². The van der Waals surface area contributed by atoms with Crippen molar-refractivity contribution in [3.63, 3.8) is 0 Å². The molecular weight excluding hydrogens is 319 g/mol. The van der Waals surface area contributed by atoms with Crippen molar-refractivity contribution >= 4 is 28.6 Å². The second-order valence-corrected chi connectivity index (χ2v) is 6.91. The summed E-state index contributed by atoms with van der Waals surface area (Å²) in [4.78, 5) is 18.5. The molecule has 1 aromatic carbocycles. The molecule has 0 spiro atoms. The molecule has 2 aromatic heterocycles. The molecule has 0 fully saturated rings. The summed E-state index contributed by atoms with van der Waals surface area (Å²) in [5.41, 5.74) is 1.02. The van der Waals surface area contributed by atoms with Crippen LogP contribution in [0.25, 0.3) is 10.6 Å². The quantitative estimate of drug-likeness (QED) is 0.776. The summed E-state index contributed by atoms with van der Waals surface area (Å²) in [5.74, 6) is -0.914. The molecule has 0 atom stereocenters. The van der Waals surface area contributed by atoms with Crippen LogP contribution in [0.15, 0.2) is 41.8 Å². The number of nitrogens with one attached hydrogen (secondary N) is 1. The highest BCUT2D eigenvalue weighted by Gasteiger charge is 2.11. The number of carbonyl (C=O) groups excluding carboxylic acids is 1. The van der Waals surface area contributed by atoms with E-state index in [4.69, 9.17) is 0 Å². The lowest BCUT2D eigenvalue weighted by Crippen LogP contribution is -2.23. The number of hydrogen-bond donors (Lipinski definition) is 1. The van der Waals surface area contributed by atoms with Crippen molar-refractivity contribution in [1.82, 2.24) is 10.3 Å². The van der Waals surface area contributed by atoms with E-state index in [2.05, 4.69) is 10.3 Å². The fraction of sp³-hybridized carbons (Fsp3) is 0.125. The number of aryl methyl sites for hydroxylation is 1. The molecule has 3 aromatic rings. The molecule has 112 valence electrons. The maximum atomic E-state index is 13.5. The number of nitrogens with zero attached hydrogens (tertiary/aromatic N) is 1. The molecule has 1 N–H and O–H groups in total. The average molecular weight is 332 g/mol. The first kappa shape index (κ1) is 14.9. The van der Waals surface area contributed by atoms with E-state index in [0.717, 1.165) is 20.5 Å². The van der Waals surface area contributed by atoms with Crippen molar-refractivity contribution in [3.8, 4) is 10.6 Å². The van der Waals surface area contributed by atoms with Gasteiger partial charge in [0.2, 0.25) is 0 Å². The average Bonchev–Trinajstić information content (AvgIpc) is 3.14. The molecule has 0 radical (unpaired) electrons. The maximum absolute atomic E-state index is 13.5. The summed E-state index contributed by atoms with van der Waals surface area (Å²) in [6.45, 7) is 2.35. The number of benzene rings is 1. The van der Waals surface area contributed by atoms with Gasteiger partial charge >= 0.3 is 0 Å². The van der Waals surface area contributed by atoms with Gasteiger partial charge in [-0.25, -0.2) is 9.37 Å². The number of halogens is 1. The number of aromatic nitrogens is 1. The molecule has 0 aliphatic carbocycles. The van der Waals surface area contributed by atoms with Crippen molar-refractivity contribution in [3.05, 3.63) is 63.0 Å². The standard InChI is InChI=1S/C16H13FN2OS2/c1-10-19-14(9-21-10)15-7-6-11(22-15)8-18-16(20)12-4-2-3-5-13(12)17/h2-7,9H,8H2,1H3,(H,18,20). The minimum absolute atomic E-state index is 0.0643. The summed E-state index contributed by atoms with van der Waals surface area (Å²) in [7, 11) is 0. The normalized spacial score (nSPS) is 10.6. The SMILES string of the molecule is Cc1nc(-c2ccc(CNC(=O)c3ccccc3F)s2)cs1. The third-order valence-corrected chi connectivity index (χ3v) is 4.96. The number of hydrogen-bond acceptors (Lipinski definition) is 4. The van der Waals surface area contributed by atoms with Crippen LogP contribution < -0.4 is 5.32 Å². The van der Waals surface area contributed by atoms with Gasteiger partial charge in [-0.05, 0) is 31.2 Å². The van der Waals surface area contributed by atoms with Crippen LogP contribution in [0.1, 0.15) is 20.2 Å². The molecule has 3 rings (SSSR count). The molecule has 0 aliphatic rings. The Hall–Kier alpha value is -2.05. The largest absolute Gasteiger partial charge is 0.347 e. The van der Waals surface area contributed by atoms with Gasteiger partial charge in [0.15, 0.2) is 0 Å². The molecular formula is C16H13FN2OS2. The zero-order chi connectivity index (χ0) is 15.5. The highest BCUT2D eigenvalue weighted by atomic mass is 32.1. The fourth-order valence-electron chi connectivity index (χ4n) is 2.00. The first-order chi connectivity index (χ1) is 10.6. The van der Waals surface area contributed by atoms with E-state index >= 15 is 0 Å². The molecule has 1 amide bonds. The van der Waals surface area contributed by atoms with Gasteiger partial charge in [-0.1, -0.05) is 12.1 Å². The van der Waals surface area contributed by atoms with Crippen molar-refractivity contribution in [2.24, 2.45) is 0 Å². The van der Waals surface area contributed by atoms with E-state index < -0.39 is 11.7 Å². The molecule has 0 aliphatic heterocycles. The summed E-state index contributed by atoms with van der Waals surface area (Å²) >= 11 is 3.19. The monoisotopic (exact) mass is 332 g/mol. The second-order valence-electron chi connectivity index (χ2n) is 4.68. The zero-order valence-corrected chi connectivity index (χ0v) is 13.4. The molecule has 6 heteroatoms.